The number of ether oxygens (including phenoxy) is 1. The van der Waals surface area contributed by atoms with Crippen LogP contribution in [0, 0.1) is 0 Å². The number of aliphatic hydroxyl groups is 1. The first-order valence-corrected chi connectivity index (χ1v) is 4.21. The monoisotopic (exact) mass is 180 g/mol. The molecule has 0 bridgehead atoms. The van der Waals surface area contributed by atoms with Gasteiger partial charge in [-0.15, -0.1) is 0 Å². The Morgan fingerprint density at radius 3 is 2.69 bits per heavy atom. The van der Waals surface area contributed by atoms with Gasteiger partial charge in [0.2, 0.25) is 0 Å². The van der Waals surface area contributed by atoms with Crippen LogP contribution in [0.25, 0.3) is 0 Å². The lowest BCUT2D eigenvalue weighted by molar-refractivity contribution is -0.000263. The summed E-state index contributed by atoms with van der Waals surface area (Å²) in [7, 11) is 0. The van der Waals surface area contributed by atoms with Crippen LogP contribution < -0.4 is 4.74 Å². The van der Waals surface area contributed by atoms with Gasteiger partial charge >= 0.3 is 0 Å². The molecule has 1 aliphatic rings. The summed E-state index contributed by atoms with van der Waals surface area (Å²) in [6.45, 7) is 3.58. The number of rotatable bonds is 0. The van der Waals surface area contributed by atoms with Crippen molar-refractivity contribution in [2.45, 2.75) is 25.6 Å². The average molecular weight is 180 g/mol. The van der Waals surface area contributed by atoms with Crippen LogP contribution in [0.5, 0.6) is 11.5 Å². The molecule has 0 spiro atoms. The van der Waals surface area contributed by atoms with E-state index in [0.717, 1.165) is 0 Å². The minimum absolute atomic E-state index is 0.0853. The number of hydrogen-bond acceptors (Lipinski definition) is 3. The SMILES string of the molecule is CC1(C)Oc2c(O)cccc2[C@H]1O. The zero-order valence-electron chi connectivity index (χ0n) is 7.61. The van der Waals surface area contributed by atoms with Gasteiger partial charge in [0, 0.05) is 5.56 Å². The number of para-hydroxylation sites is 1. The van der Waals surface area contributed by atoms with Crippen molar-refractivity contribution in [2.24, 2.45) is 0 Å². The molecule has 0 saturated heterocycles. The van der Waals surface area contributed by atoms with E-state index < -0.39 is 11.7 Å². The third-order valence-corrected chi connectivity index (χ3v) is 2.34. The minimum atomic E-state index is -0.672. The molecule has 0 aromatic heterocycles. The maximum absolute atomic E-state index is 9.80. The topological polar surface area (TPSA) is 49.7 Å². The number of hydrogen-bond donors (Lipinski definition) is 2. The van der Waals surface area contributed by atoms with Crippen molar-refractivity contribution in [2.75, 3.05) is 0 Å². The van der Waals surface area contributed by atoms with Crippen molar-refractivity contribution >= 4 is 0 Å². The molecule has 0 radical (unpaired) electrons. The summed E-state index contributed by atoms with van der Waals surface area (Å²) >= 11 is 0. The molecule has 2 rings (SSSR count). The summed E-state index contributed by atoms with van der Waals surface area (Å²) in [5.74, 6) is 0.488. The van der Waals surface area contributed by atoms with Crippen LogP contribution in [-0.4, -0.2) is 15.8 Å². The van der Waals surface area contributed by atoms with Gasteiger partial charge in [0.1, 0.15) is 11.7 Å². The summed E-state index contributed by atoms with van der Waals surface area (Å²) in [6.07, 6.45) is -0.672. The van der Waals surface area contributed by atoms with Gasteiger partial charge in [-0.1, -0.05) is 12.1 Å². The van der Waals surface area contributed by atoms with E-state index in [1.165, 1.54) is 0 Å². The van der Waals surface area contributed by atoms with Crippen LogP contribution in [0.15, 0.2) is 18.2 Å². The second-order valence-corrected chi connectivity index (χ2v) is 3.80. The highest BCUT2D eigenvalue weighted by atomic mass is 16.5. The van der Waals surface area contributed by atoms with E-state index >= 15 is 0 Å². The zero-order chi connectivity index (χ0) is 9.64. The van der Waals surface area contributed by atoms with Crippen molar-refractivity contribution < 1.29 is 14.9 Å². The average Bonchev–Trinajstić information content (AvgIpc) is 2.28. The maximum Gasteiger partial charge on any atom is 0.167 e. The minimum Gasteiger partial charge on any atom is -0.504 e. The first-order chi connectivity index (χ1) is 6.02. The molecule has 3 heteroatoms. The fourth-order valence-corrected chi connectivity index (χ4v) is 1.56. The highest BCUT2D eigenvalue weighted by Crippen LogP contribution is 2.47. The Labute approximate surface area is 76.6 Å². The predicted molar refractivity (Wildman–Crippen MR) is 47.8 cm³/mol. The lowest BCUT2D eigenvalue weighted by Gasteiger charge is -2.21. The van der Waals surface area contributed by atoms with Gasteiger partial charge in [0.05, 0.1) is 0 Å². The first-order valence-electron chi connectivity index (χ1n) is 4.21. The fraction of sp³-hybridized carbons (Fsp3) is 0.400. The van der Waals surface area contributed by atoms with Crippen molar-refractivity contribution in [3.8, 4) is 11.5 Å². The number of benzene rings is 1. The van der Waals surface area contributed by atoms with Gasteiger partial charge in [-0.2, -0.15) is 0 Å². The molecule has 1 aromatic carbocycles. The van der Waals surface area contributed by atoms with Crippen molar-refractivity contribution in [1.29, 1.82) is 0 Å². The Hall–Kier alpha value is -1.22. The van der Waals surface area contributed by atoms with Crippen LogP contribution in [0.4, 0.5) is 0 Å². The Kier molecular flexibility index (Phi) is 1.54. The Balaban J connectivity index is 2.56. The summed E-state index contributed by atoms with van der Waals surface area (Å²) in [6, 6.07) is 5.00. The van der Waals surface area contributed by atoms with Gasteiger partial charge in [0.25, 0.3) is 0 Å². The summed E-state index contributed by atoms with van der Waals surface area (Å²) < 4.78 is 5.44. The summed E-state index contributed by atoms with van der Waals surface area (Å²) in [5, 5.41) is 19.2. The van der Waals surface area contributed by atoms with Crippen LogP contribution >= 0.6 is 0 Å². The molecule has 0 amide bonds. The van der Waals surface area contributed by atoms with Crippen molar-refractivity contribution in [3.05, 3.63) is 23.8 Å². The second kappa shape index (κ2) is 2.39. The maximum atomic E-state index is 9.80. The van der Waals surface area contributed by atoms with Gasteiger partial charge in [-0.05, 0) is 19.9 Å². The van der Waals surface area contributed by atoms with Crippen molar-refractivity contribution in [1.82, 2.24) is 0 Å². The number of fused-ring (bicyclic) bond motifs is 1. The van der Waals surface area contributed by atoms with E-state index in [0.29, 0.717) is 11.3 Å². The molecule has 0 fully saturated rings. The van der Waals surface area contributed by atoms with Crippen molar-refractivity contribution in [3.63, 3.8) is 0 Å². The third kappa shape index (κ3) is 1.08. The van der Waals surface area contributed by atoms with E-state index in [1.807, 2.05) is 0 Å². The lowest BCUT2D eigenvalue weighted by atomic mass is 9.98. The van der Waals surface area contributed by atoms with Crippen LogP contribution in [0.1, 0.15) is 25.5 Å². The number of aliphatic hydroxyl groups excluding tert-OH is 1. The highest BCUT2D eigenvalue weighted by molar-refractivity contribution is 5.50. The molecule has 3 nitrogen and oxygen atoms in total. The fourth-order valence-electron chi connectivity index (χ4n) is 1.56. The molecular formula is C10H12O3. The normalized spacial score (nSPS) is 23.8. The molecule has 1 atom stereocenters. The summed E-state index contributed by atoms with van der Waals surface area (Å²) in [4.78, 5) is 0. The lowest BCUT2D eigenvalue weighted by Crippen LogP contribution is -2.29. The van der Waals surface area contributed by atoms with E-state index in [9.17, 15) is 10.2 Å². The third-order valence-electron chi connectivity index (χ3n) is 2.34. The summed E-state index contributed by atoms with van der Waals surface area (Å²) in [5.41, 5.74) is 0.00579. The zero-order valence-corrected chi connectivity index (χ0v) is 7.61. The second-order valence-electron chi connectivity index (χ2n) is 3.80. The van der Waals surface area contributed by atoms with Gasteiger partial charge in [0.15, 0.2) is 11.5 Å². The largest absolute Gasteiger partial charge is 0.504 e. The molecule has 1 aliphatic heterocycles. The molecule has 0 saturated carbocycles. The Morgan fingerprint density at radius 2 is 2.08 bits per heavy atom. The number of phenols is 1. The molecule has 1 heterocycles. The van der Waals surface area contributed by atoms with Gasteiger partial charge in [-0.3, -0.25) is 0 Å². The predicted octanol–water partition coefficient (Wildman–Crippen LogP) is 1.60. The van der Waals surface area contributed by atoms with E-state index in [1.54, 1.807) is 32.0 Å². The standard InChI is InChI=1S/C10H12O3/c1-10(2)9(12)6-4-3-5-7(11)8(6)13-10/h3-5,9,11-12H,1-2H3/t9-/m1/s1. The Morgan fingerprint density at radius 1 is 1.38 bits per heavy atom. The van der Waals surface area contributed by atoms with Gasteiger partial charge in [-0.25, -0.2) is 0 Å². The van der Waals surface area contributed by atoms with E-state index in [2.05, 4.69) is 0 Å². The first kappa shape index (κ1) is 8.38. The molecule has 70 valence electrons. The van der Waals surface area contributed by atoms with E-state index in [-0.39, 0.29) is 5.75 Å². The molecule has 0 unspecified atom stereocenters. The molecule has 2 N–H and O–H groups in total. The van der Waals surface area contributed by atoms with Crippen LogP contribution in [0.2, 0.25) is 0 Å². The van der Waals surface area contributed by atoms with Crippen LogP contribution in [0.3, 0.4) is 0 Å². The van der Waals surface area contributed by atoms with E-state index in [4.69, 9.17) is 4.74 Å². The number of aromatic hydroxyl groups is 1. The molecule has 1 aromatic rings. The highest BCUT2D eigenvalue weighted by Gasteiger charge is 2.41. The number of phenolic OH excluding ortho intramolecular Hbond substituents is 1. The Bertz CT molecular complexity index is 344. The van der Waals surface area contributed by atoms with Crippen LogP contribution in [-0.2, 0) is 0 Å². The molecule has 0 aliphatic carbocycles. The smallest absolute Gasteiger partial charge is 0.167 e. The molecule has 13 heavy (non-hydrogen) atoms. The molecular weight excluding hydrogens is 168 g/mol. The quantitative estimate of drug-likeness (QED) is 0.637. The van der Waals surface area contributed by atoms with Gasteiger partial charge < -0.3 is 14.9 Å².